The largest absolute Gasteiger partial charge is 0.505 e. The molecule has 2 unspecified atom stereocenters. The van der Waals surface area contributed by atoms with E-state index in [2.05, 4.69) is 56.9 Å². The molecule has 2 aromatic heterocycles. The van der Waals surface area contributed by atoms with Crippen molar-refractivity contribution in [2.24, 2.45) is 0 Å². The van der Waals surface area contributed by atoms with Crippen LogP contribution in [0, 0.1) is 12.7 Å². The summed E-state index contributed by atoms with van der Waals surface area (Å²) >= 11 is 2.24. The van der Waals surface area contributed by atoms with E-state index in [0.29, 0.717) is 39.9 Å². The molecule has 1 N–H and O–H groups in total. The minimum atomic E-state index is -0.325. The predicted molar refractivity (Wildman–Crippen MR) is 160 cm³/mol. The van der Waals surface area contributed by atoms with Crippen LogP contribution in [0.1, 0.15) is 50.7 Å². The molecule has 0 bridgehead atoms. The first kappa shape index (κ1) is 27.3. The van der Waals surface area contributed by atoms with Crippen molar-refractivity contribution in [3.63, 3.8) is 0 Å². The monoisotopic (exact) mass is 651 g/mol. The molecule has 5 rings (SSSR count). The number of methoxy groups -OCH3 is 1. The molecule has 38 heavy (non-hydrogen) atoms. The number of nitrogens with zero attached hydrogens (tertiary/aromatic N) is 5. The lowest BCUT2D eigenvalue weighted by Gasteiger charge is -2.24. The van der Waals surface area contributed by atoms with Gasteiger partial charge in [0.05, 0.1) is 24.2 Å². The Morgan fingerprint density at radius 2 is 1.95 bits per heavy atom. The fourth-order valence-electron chi connectivity index (χ4n) is 4.93. The summed E-state index contributed by atoms with van der Waals surface area (Å²) < 4.78 is 28.4. The zero-order chi connectivity index (χ0) is 27.1. The molecule has 2 aromatic carbocycles. The van der Waals surface area contributed by atoms with Crippen molar-refractivity contribution < 1.29 is 19.0 Å². The zero-order valence-electron chi connectivity index (χ0n) is 22.2. The Morgan fingerprint density at radius 3 is 2.58 bits per heavy atom. The molecule has 2 atom stereocenters. The van der Waals surface area contributed by atoms with Gasteiger partial charge in [0.25, 0.3) is 0 Å². The summed E-state index contributed by atoms with van der Waals surface area (Å²) in [4.78, 5) is 11.6. The van der Waals surface area contributed by atoms with Gasteiger partial charge in [-0.15, -0.1) is 0 Å². The van der Waals surface area contributed by atoms with Crippen LogP contribution in [0.4, 0.5) is 10.2 Å². The van der Waals surface area contributed by atoms with Gasteiger partial charge in [0.2, 0.25) is 0 Å². The minimum Gasteiger partial charge on any atom is -0.505 e. The number of hydrogen-bond acceptors (Lipinski definition) is 7. The van der Waals surface area contributed by atoms with Gasteiger partial charge in [-0.25, -0.2) is 8.84 Å². The normalized spacial score (nSPS) is 14.7. The first-order valence-corrected chi connectivity index (χ1v) is 16.9. The first-order valence-electron chi connectivity index (χ1n) is 12.8. The van der Waals surface area contributed by atoms with Gasteiger partial charge in [0.15, 0.2) is 0 Å². The third-order valence-corrected chi connectivity index (χ3v) is 9.17. The fraction of sp³-hybridized carbons (Fsp3) is 0.444. The van der Waals surface area contributed by atoms with Gasteiger partial charge >= 0.3 is 6.01 Å². The summed E-state index contributed by atoms with van der Waals surface area (Å²) in [5, 5.41) is 18.0. The first-order chi connectivity index (χ1) is 18.3. The highest BCUT2D eigenvalue weighted by Gasteiger charge is 2.33. The van der Waals surface area contributed by atoms with Gasteiger partial charge in [-0.2, -0.15) is 15.1 Å². The Bertz CT molecular complexity index is 1510. The van der Waals surface area contributed by atoms with E-state index >= 15 is 4.39 Å². The number of hydrogen-bond donors (Lipinski definition) is 1. The van der Waals surface area contributed by atoms with Crippen LogP contribution in [-0.2, 0) is 4.74 Å². The number of phenolic OH excluding ortho intramolecular Hbond substituents is 1. The van der Waals surface area contributed by atoms with Crippen molar-refractivity contribution in [2.45, 2.75) is 52.6 Å². The van der Waals surface area contributed by atoms with Gasteiger partial charge in [-0.05, 0) is 85.7 Å². The lowest BCUT2D eigenvalue weighted by molar-refractivity contribution is 0.0682. The van der Waals surface area contributed by atoms with Crippen molar-refractivity contribution in [3.8, 4) is 22.9 Å². The highest BCUT2D eigenvalue weighted by atomic mass is 127. The molecule has 1 fully saturated rings. The van der Waals surface area contributed by atoms with Crippen LogP contribution in [0.2, 0.25) is 0 Å². The van der Waals surface area contributed by atoms with Gasteiger partial charge in [0, 0.05) is 48.2 Å². The van der Waals surface area contributed by atoms with Gasteiger partial charge in [-0.1, -0.05) is 0 Å². The standard InChI is InChI=1S/C27H32FIN5O3P/c1-6-33(7-2)26-18-10-17(16-8-9-16)23(25(35)24(18)31-27(32-26)37-13-14(3)36-5)22-15(4)20(28)11-21-19(22)12-30-34(21)38-29/h10-12,14,16,35,38H,6-9,13H2,1-5H3. The summed E-state index contributed by atoms with van der Waals surface area (Å²) in [5.74, 6) is 0.685. The highest BCUT2D eigenvalue weighted by molar-refractivity contribution is 14.2. The Kier molecular flexibility index (Phi) is 7.94. The number of halogens is 2. The van der Waals surface area contributed by atoms with Crippen LogP contribution >= 0.6 is 28.4 Å². The molecule has 0 saturated heterocycles. The second kappa shape index (κ2) is 11.1. The van der Waals surface area contributed by atoms with E-state index in [9.17, 15) is 5.11 Å². The molecule has 0 spiro atoms. The van der Waals surface area contributed by atoms with Crippen LogP contribution in [0.3, 0.4) is 0 Å². The number of phenols is 1. The van der Waals surface area contributed by atoms with Crippen molar-refractivity contribution in [2.75, 3.05) is 31.7 Å². The number of rotatable bonds is 10. The van der Waals surface area contributed by atoms with Crippen molar-refractivity contribution in [3.05, 3.63) is 35.3 Å². The molecule has 1 aliphatic carbocycles. The molecular formula is C27H32FIN5O3P. The molecule has 1 aliphatic rings. The fourth-order valence-corrected chi connectivity index (χ4v) is 6.46. The molecule has 4 aromatic rings. The number of ether oxygens (including phenoxy) is 2. The third kappa shape index (κ3) is 4.79. The average molecular weight is 651 g/mol. The van der Waals surface area contributed by atoms with Crippen molar-refractivity contribution in [1.82, 2.24) is 19.5 Å². The maximum absolute atomic E-state index is 15.3. The SMILES string of the molecule is CCN(CC)c1nc(OCC(C)OC)nc2c(O)c(-c3c(C)c(F)cc4c3cnn4PI)c(C3CC3)cc12. The number of benzene rings is 2. The Hall–Kier alpha value is -2.30. The lowest BCUT2D eigenvalue weighted by Crippen LogP contribution is -2.24. The Morgan fingerprint density at radius 1 is 1.21 bits per heavy atom. The summed E-state index contributed by atoms with van der Waals surface area (Å²) in [5.41, 5.74) is 3.86. The average Bonchev–Trinajstić information content (AvgIpc) is 3.69. The van der Waals surface area contributed by atoms with Crippen LogP contribution < -0.4 is 9.64 Å². The van der Waals surface area contributed by atoms with E-state index in [4.69, 9.17) is 14.5 Å². The smallest absolute Gasteiger partial charge is 0.319 e. The Balaban J connectivity index is 1.83. The summed E-state index contributed by atoms with van der Waals surface area (Å²) in [7, 11) is 1.62. The molecule has 1 saturated carbocycles. The zero-order valence-corrected chi connectivity index (χ0v) is 25.3. The van der Waals surface area contributed by atoms with Crippen LogP contribution in [-0.4, -0.2) is 57.5 Å². The Labute approximate surface area is 236 Å². The quantitative estimate of drug-likeness (QED) is 0.150. The van der Waals surface area contributed by atoms with E-state index in [-0.39, 0.29) is 36.2 Å². The second-order valence-corrected chi connectivity index (χ2v) is 11.7. The number of aromatic hydroxyl groups is 1. The number of aromatic nitrogens is 4. The predicted octanol–water partition coefficient (Wildman–Crippen LogP) is 6.73. The molecule has 11 heteroatoms. The van der Waals surface area contributed by atoms with Crippen LogP contribution in [0.25, 0.3) is 32.9 Å². The van der Waals surface area contributed by atoms with E-state index in [1.807, 2.05) is 6.92 Å². The summed E-state index contributed by atoms with van der Waals surface area (Å²) in [6.45, 7) is 9.54. The van der Waals surface area contributed by atoms with Crippen molar-refractivity contribution in [1.29, 1.82) is 0 Å². The van der Waals surface area contributed by atoms with Crippen LogP contribution in [0.5, 0.6) is 11.8 Å². The number of anilines is 1. The topological polar surface area (TPSA) is 85.5 Å². The van der Waals surface area contributed by atoms with Gasteiger partial charge < -0.3 is 19.5 Å². The maximum Gasteiger partial charge on any atom is 0.319 e. The van der Waals surface area contributed by atoms with Crippen molar-refractivity contribution >= 4 is 56.0 Å². The van der Waals surface area contributed by atoms with E-state index in [1.54, 1.807) is 24.7 Å². The van der Waals surface area contributed by atoms with Crippen LogP contribution in [0.15, 0.2) is 18.3 Å². The van der Waals surface area contributed by atoms with E-state index in [0.717, 1.165) is 42.3 Å². The maximum atomic E-state index is 15.3. The molecule has 202 valence electrons. The summed E-state index contributed by atoms with van der Waals surface area (Å²) in [6, 6.07) is 3.80. The van der Waals surface area contributed by atoms with E-state index in [1.165, 1.54) is 6.07 Å². The second-order valence-electron chi connectivity index (χ2n) is 9.65. The third-order valence-electron chi connectivity index (χ3n) is 7.29. The van der Waals surface area contributed by atoms with Gasteiger partial charge in [-0.3, -0.25) is 0 Å². The highest BCUT2D eigenvalue weighted by Crippen LogP contribution is 2.52. The molecule has 0 aliphatic heterocycles. The van der Waals surface area contributed by atoms with Gasteiger partial charge in [0.1, 0.15) is 29.5 Å². The molecular weight excluding hydrogens is 619 g/mol. The minimum absolute atomic E-state index is 0.0181. The molecule has 8 nitrogen and oxygen atoms in total. The van der Waals surface area contributed by atoms with E-state index < -0.39 is 0 Å². The lowest BCUT2D eigenvalue weighted by atomic mass is 9.89. The number of fused-ring (bicyclic) bond motifs is 2. The molecule has 0 amide bonds. The molecule has 2 heterocycles. The summed E-state index contributed by atoms with van der Waals surface area (Å²) in [6.07, 6.45) is 3.98. The molecule has 0 radical (unpaired) electrons.